The summed E-state index contributed by atoms with van der Waals surface area (Å²) in [6.07, 6.45) is 0. The lowest BCUT2D eigenvalue weighted by Gasteiger charge is -2.10. The molecule has 6 nitrogen and oxygen atoms in total. The van der Waals surface area contributed by atoms with Crippen molar-refractivity contribution < 1.29 is 9.53 Å². The van der Waals surface area contributed by atoms with Gasteiger partial charge in [-0.3, -0.25) is 9.89 Å². The van der Waals surface area contributed by atoms with Crippen LogP contribution in [0.4, 0.5) is 0 Å². The van der Waals surface area contributed by atoms with Gasteiger partial charge in [-0.05, 0) is 56.3 Å². The Kier molecular flexibility index (Phi) is 6.29. The van der Waals surface area contributed by atoms with Crippen molar-refractivity contribution in [2.24, 2.45) is 0 Å². The molecule has 2 aromatic heterocycles. The van der Waals surface area contributed by atoms with E-state index >= 15 is 0 Å². The Morgan fingerprint density at radius 2 is 1.84 bits per heavy atom. The summed E-state index contributed by atoms with van der Waals surface area (Å²) in [5, 5.41) is 7.72. The molecule has 0 aliphatic carbocycles. The zero-order valence-electron chi connectivity index (χ0n) is 17.3. The standard InChI is InChI=1S/C23H21BrN4O2S/c1-14-12-20(15(2)28(14)18-8-10-19(30-3)11-9-18)21(29)13-31-23-25-22(26-27-23)16-4-6-17(24)7-5-16/h4-12H,13H2,1-3H3,(H,25,26,27). The number of nitrogens with zero attached hydrogens (tertiary/aromatic N) is 3. The van der Waals surface area contributed by atoms with Crippen molar-refractivity contribution >= 4 is 33.5 Å². The molecule has 1 N–H and O–H groups in total. The molecular formula is C23H21BrN4O2S. The van der Waals surface area contributed by atoms with Crippen molar-refractivity contribution in [2.75, 3.05) is 12.9 Å². The number of halogens is 1. The maximum atomic E-state index is 12.9. The van der Waals surface area contributed by atoms with Crippen LogP contribution in [0.15, 0.2) is 64.2 Å². The smallest absolute Gasteiger partial charge is 0.209 e. The fourth-order valence-electron chi connectivity index (χ4n) is 3.43. The molecule has 0 aliphatic heterocycles. The molecule has 0 fully saturated rings. The lowest BCUT2D eigenvalue weighted by Crippen LogP contribution is -2.05. The topological polar surface area (TPSA) is 72.8 Å². The monoisotopic (exact) mass is 496 g/mol. The molecule has 31 heavy (non-hydrogen) atoms. The molecule has 0 unspecified atom stereocenters. The van der Waals surface area contributed by atoms with Crippen LogP contribution in [-0.2, 0) is 0 Å². The SMILES string of the molecule is COc1ccc(-n2c(C)cc(C(=O)CSc3n[nH]c(-c4ccc(Br)cc4)n3)c2C)cc1. The molecule has 4 aromatic rings. The van der Waals surface area contributed by atoms with E-state index in [-0.39, 0.29) is 11.5 Å². The van der Waals surface area contributed by atoms with Crippen molar-refractivity contribution in [2.45, 2.75) is 19.0 Å². The van der Waals surface area contributed by atoms with Crippen molar-refractivity contribution in [1.29, 1.82) is 0 Å². The number of carbonyl (C=O) groups excluding carboxylic acids is 1. The third-order valence-corrected chi connectivity index (χ3v) is 6.35. The van der Waals surface area contributed by atoms with Gasteiger partial charge in [-0.2, -0.15) is 0 Å². The number of hydrogen-bond donors (Lipinski definition) is 1. The number of aromatic amines is 1. The van der Waals surface area contributed by atoms with Crippen LogP contribution in [0.3, 0.4) is 0 Å². The molecule has 8 heteroatoms. The van der Waals surface area contributed by atoms with Gasteiger partial charge in [0.15, 0.2) is 11.6 Å². The van der Waals surface area contributed by atoms with E-state index in [4.69, 9.17) is 4.74 Å². The minimum absolute atomic E-state index is 0.0489. The van der Waals surface area contributed by atoms with Crippen LogP contribution >= 0.6 is 27.7 Å². The Balaban J connectivity index is 1.47. The van der Waals surface area contributed by atoms with E-state index in [2.05, 4.69) is 35.7 Å². The van der Waals surface area contributed by atoms with Gasteiger partial charge >= 0.3 is 0 Å². The van der Waals surface area contributed by atoms with Crippen molar-refractivity contribution in [1.82, 2.24) is 19.7 Å². The summed E-state index contributed by atoms with van der Waals surface area (Å²) in [6, 6.07) is 17.6. The molecule has 0 saturated carbocycles. The predicted octanol–water partition coefficient (Wildman–Crippen LogP) is 5.63. The third kappa shape index (κ3) is 4.60. The van der Waals surface area contributed by atoms with Gasteiger partial charge in [0.05, 0.1) is 12.9 Å². The highest BCUT2D eigenvalue weighted by Gasteiger charge is 2.18. The largest absolute Gasteiger partial charge is 0.497 e. The van der Waals surface area contributed by atoms with Crippen LogP contribution in [0, 0.1) is 13.8 Å². The van der Waals surface area contributed by atoms with E-state index in [1.54, 1.807) is 7.11 Å². The van der Waals surface area contributed by atoms with Crippen molar-refractivity contribution in [3.8, 4) is 22.8 Å². The number of H-pyrrole nitrogens is 1. The number of thioether (sulfide) groups is 1. The first kappa shape index (κ1) is 21.4. The fourth-order valence-corrected chi connectivity index (χ4v) is 4.38. The number of rotatable bonds is 7. The van der Waals surface area contributed by atoms with E-state index in [1.807, 2.05) is 68.4 Å². The number of hydrogen-bond acceptors (Lipinski definition) is 5. The Hall–Kier alpha value is -2.84. The highest BCUT2D eigenvalue weighted by Crippen LogP contribution is 2.26. The molecule has 4 rings (SSSR count). The summed E-state index contributed by atoms with van der Waals surface area (Å²) in [6.45, 7) is 3.97. The molecule has 0 atom stereocenters. The number of methoxy groups -OCH3 is 1. The number of aryl methyl sites for hydroxylation is 1. The number of aromatic nitrogens is 4. The predicted molar refractivity (Wildman–Crippen MR) is 126 cm³/mol. The average molecular weight is 497 g/mol. The summed E-state index contributed by atoms with van der Waals surface area (Å²) in [5.41, 5.74) is 4.57. The zero-order chi connectivity index (χ0) is 22.0. The molecule has 0 radical (unpaired) electrons. The normalized spacial score (nSPS) is 11.0. The number of Topliss-reactive ketones (excluding diaryl/α,β-unsaturated/α-hetero) is 1. The molecule has 2 aromatic carbocycles. The average Bonchev–Trinajstić information content (AvgIpc) is 3.37. The maximum absolute atomic E-state index is 12.9. The van der Waals surface area contributed by atoms with Gasteiger partial charge in [0.1, 0.15) is 5.75 Å². The minimum Gasteiger partial charge on any atom is -0.497 e. The van der Waals surface area contributed by atoms with Gasteiger partial charge in [0, 0.05) is 32.7 Å². The van der Waals surface area contributed by atoms with Crippen LogP contribution in [0.5, 0.6) is 5.75 Å². The first-order valence-corrected chi connectivity index (χ1v) is 11.4. The van der Waals surface area contributed by atoms with Crippen molar-refractivity contribution in [3.63, 3.8) is 0 Å². The summed E-state index contributed by atoms with van der Waals surface area (Å²) in [5.74, 6) is 1.80. The summed E-state index contributed by atoms with van der Waals surface area (Å²) in [4.78, 5) is 17.4. The van der Waals surface area contributed by atoms with Gasteiger partial charge in [-0.25, -0.2) is 4.98 Å². The first-order valence-electron chi connectivity index (χ1n) is 9.64. The maximum Gasteiger partial charge on any atom is 0.209 e. The number of benzene rings is 2. The van der Waals surface area contributed by atoms with Crippen molar-refractivity contribution in [3.05, 3.63) is 76.0 Å². The Labute approximate surface area is 193 Å². The zero-order valence-corrected chi connectivity index (χ0v) is 19.8. The van der Waals surface area contributed by atoms with E-state index in [0.29, 0.717) is 16.5 Å². The summed E-state index contributed by atoms with van der Waals surface area (Å²) < 4.78 is 8.32. The van der Waals surface area contributed by atoms with Crippen LogP contribution in [0.2, 0.25) is 0 Å². The number of ether oxygens (including phenoxy) is 1. The second-order valence-corrected chi connectivity index (χ2v) is 8.86. The molecule has 2 heterocycles. The van der Waals surface area contributed by atoms with E-state index in [0.717, 1.165) is 32.9 Å². The molecular weight excluding hydrogens is 476 g/mol. The van der Waals surface area contributed by atoms with Crippen LogP contribution < -0.4 is 4.74 Å². The summed E-state index contributed by atoms with van der Waals surface area (Å²) in [7, 11) is 1.64. The Morgan fingerprint density at radius 3 is 2.52 bits per heavy atom. The van der Waals surface area contributed by atoms with Gasteiger partial charge in [-0.1, -0.05) is 39.8 Å². The lowest BCUT2D eigenvalue weighted by molar-refractivity contribution is 0.102. The van der Waals surface area contributed by atoms with E-state index in [1.165, 1.54) is 11.8 Å². The van der Waals surface area contributed by atoms with E-state index in [9.17, 15) is 4.79 Å². The number of ketones is 1. The lowest BCUT2D eigenvalue weighted by atomic mass is 10.2. The quantitative estimate of drug-likeness (QED) is 0.265. The first-order chi connectivity index (χ1) is 15.0. The second-order valence-electron chi connectivity index (χ2n) is 7.00. The van der Waals surface area contributed by atoms with Gasteiger partial charge in [0.25, 0.3) is 0 Å². The fraction of sp³-hybridized carbons (Fsp3) is 0.174. The van der Waals surface area contributed by atoms with Gasteiger partial charge in [0.2, 0.25) is 5.16 Å². The molecule has 0 spiro atoms. The minimum atomic E-state index is 0.0489. The molecule has 0 saturated heterocycles. The number of nitrogens with one attached hydrogen (secondary N) is 1. The molecule has 158 valence electrons. The molecule has 0 amide bonds. The van der Waals surface area contributed by atoms with Crippen LogP contribution in [0.1, 0.15) is 21.7 Å². The van der Waals surface area contributed by atoms with Gasteiger partial charge in [-0.15, -0.1) is 5.10 Å². The van der Waals surface area contributed by atoms with Crippen LogP contribution in [0.25, 0.3) is 17.1 Å². The summed E-state index contributed by atoms with van der Waals surface area (Å²) >= 11 is 4.75. The highest BCUT2D eigenvalue weighted by molar-refractivity contribution is 9.10. The van der Waals surface area contributed by atoms with E-state index < -0.39 is 0 Å². The third-order valence-electron chi connectivity index (χ3n) is 4.98. The van der Waals surface area contributed by atoms with Gasteiger partial charge < -0.3 is 9.30 Å². The number of carbonyl (C=O) groups is 1. The molecule has 0 bridgehead atoms. The van der Waals surface area contributed by atoms with Crippen LogP contribution in [-0.4, -0.2) is 38.4 Å². The Morgan fingerprint density at radius 1 is 1.13 bits per heavy atom. The Bertz CT molecular complexity index is 1210. The highest BCUT2D eigenvalue weighted by atomic mass is 79.9. The second kappa shape index (κ2) is 9.11. The molecule has 0 aliphatic rings.